The van der Waals surface area contributed by atoms with Gasteiger partial charge in [-0.15, -0.1) is 23.5 Å². The smallest absolute Gasteiger partial charge is 0.158 e. The summed E-state index contributed by atoms with van der Waals surface area (Å²) in [7, 11) is 0. The second-order valence-electron chi connectivity index (χ2n) is 5.74. The molecule has 24 heavy (non-hydrogen) atoms. The Hall–Kier alpha value is 0.150. The Kier molecular flexibility index (Phi) is 6.02. The highest BCUT2D eigenvalue weighted by atomic mass is 32.2. The molecule has 6 heteroatoms. The number of rotatable bonds is 8. The second kappa shape index (κ2) is 8.23. The molecule has 2 unspecified atom stereocenters. The zero-order valence-electron chi connectivity index (χ0n) is 13.1. The van der Waals surface area contributed by atoms with E-state index in [1.54, 1.807) is 0 Å². The monoisotopic (exact) mass is 410 g/mol. The van der Waals surface area contributed by atoms with Gasteiger partial charge in [-0.25, -0.2) is 0 Å². The highest BCUT2D eigenvalue weighted by Crippen LogP contribution is 2.36. The fourth-order valence-electron chi connectivity index (χ4n) is 2.16. The highest BCUT2D eigenvalue weighted by Gasteiger charge is 2.23. The van der Waals surface area contributed by atoms with E-state index in [1.165, 1.54) is 32.8 Å². The van der Waals surface area contributed by atoms with Crippen LogP contribution in [-0.2, 0) is 11.2 Å². The van der Waals surface area contributed by atoms with Crippen LogP contribution >= 0.6 is 47.0 Å². The van der Waals surface area contributed by atoms with E-state index >= 15 is 0 Å². The van der Waals surface area contributed by atoms with Crippen molar-refractivity contribution in [1.82, 2.24) is 0 Å². The number of hydrogen-bond donors (Lipinski definition) is 0. The first-order chi connectivity index (χ1) is 11.8. The molecule has 0 amide bonds. The van der Waals surface area contributed by atoms with Crippen LogP contribution in [-0.4, -0.2) is 38.1 Å². The van der Waals surface area contributed by atoms with Crippen molar-refractivity contribution >= 4 is 58.2 Å². The molecule has 0 aliphatic carbocycles. The summed E-state index contributed by atoms with van der Waals surface area (Å²) in [6.45, 7) is 0. The summed E-state index contributed by atoms with van der Waals surface area (Å²) in [4.78, 5) is 4.31. The number of benzene rings is 2. The van der Waals surface area contributed by atoms with Crippen LogP contribution in [0.4, 0.5) is 0 Å². The van der Waals surface area contributed by atoms with E-state index in [0.717, 1.165) is 20.3 Å². The Bertz CT molecular complexity index is 605. The van der Waals surface area contributed by atoms with Crippen molar-refractivity contribution in [2.75, 3.05) is 23.0 Å². The van der Waals surface area contributed by atoms with Crippen LogP contribution in [0.5, 0.6) is 0 Å². The minimum Gasteiger partial charge on any atom is -0.606 e. The van der Waals surface area contributed by atoms with Gasteiger partial charge in [-0.05, 0) is 48.5 Å². The second-order valence-corrected chi connectivity index (χ2v) is 12.1. The van der Waals surface area contributed by atoms with Crippen LogP contribution in [0.25, 0.3) is 0 Å². The molecule has 2 atom stereocenters. The van der Waals surface area contributed by atoms with Crippen molar-refractivity contribution in [2.45, 2.75) is 30.1 Å². The third kappa shape index (κ3) is 5.08. The van der Waals surface area contributed by atoms with Crippen LogP contribution in [0.1, 0.15) is 0 Å². The molecule has 0 N–H and O–H groups in total. The van der Waals surface area contributed by atoms with E-state index in [-0.39, 0.29) is 0 Å². The lowest BCUT2D eigenvalue weighted by molar-refractivity contribution is 0.595. The summed E-state index contributed by atoms with van der Waals surface area (Å²) in [5, 5.41) is 1.69. The normalized spacial score (nSPS) is 23.0. The lowest BCUT2D eigenvalue weighted by Crippen LogP contribution is -2.01. The van der Waals surface area contributed by atoms with Crippen molar-refractivity contribution < 1.29 is 4.55 Å². The first-order valence-electron chi connectivity index (χ1n) is 7.88. The molecule has 126 valence electrons. The summed E-state index contributed by atoms with van der Waals surface area (Å²) in [5.41, 5.74) is 0. The average Bonchev–Trinajstić information content (AvgIpc) is 3.53. The highest BCUT2D eigenvalue weighted by molar-refractivity contribution is 8.09. The van der Waals surface area contributed by atoms with Gasteiger partial charge >= 0.3 is 0 Å². The lowest BCUT2D eigenvalue weighted by atomic mass is 10.4. The predicted octanol–water partition coefficient (Wildman–Crippen LogP) is 5.27. The van der Waals surface area contributed by atoms with Crippen molar-refractivity contribution in [3.8, 4) is 0 Å². The fraction of sp³-hybridized carbons (Fsp3) is 0.333. The van der Waals surface area contributed by atoms with Gasteiger partial charge in [-0.3, -0.25) is 0 Å². The largest absolute Gasteiger partial charge is 0.606 e. The van der Waals surface area contributed by atoms with Gasteiger partial charge < -0.3 is 4.55 Å². The Morgan fingerprint density at radius 2 is 1.17 bits per heavy atom. The van der Waals surface area contributed by atoms with Gasteiger partial charge in [0.1, 0.15) is 0 Å². The Labute approximate surface area is 163 Å². The minimum atomic E-state index is -1.09. The van der Waals surface area contributed by atoms with E-state index in [9.17, 15) is 4.55 Å². The molecule has 2 heterocycles. The van der Waals surface area contributed by atoms with Crippen LogP contribution in [0.3, 0.4) is 0 Å². The summed E-state index contributed by atoms with van der Waals surface area (Å²) in [6, 6.07) is 16.4. The van der Waals surface area contributed by atoms with E-state index in [4.69, 9.17) is 0 Å². The van der Waals surface area contributed by atoms with Gasteiger partial charge in [0.15, 0.2) is 9.79 Å². The third-order valence-electron chi connectivity index (χ3n) is 3.75. The first kappa shape index (κ1) is 17.6. The number of hydrogen-bond acceptors (Lipinski definition) is 5. The van der Waals surface area contributed by atoms with Crippen LogP contribution in [0, 0.1) is 0 Å². The maximum atomic E-state index is 12.7. The topological polar surface area (TPSA) is 23.1 Å². The van der Waals surface area contributed by atoms with Gasteiger partial charge in [0, 0.05) is 54.5 Å². The van der Waals surface area contributed by atoms with Crippen molar-refractivity contribution in [1.29, 1.82) is 0 Å². The van der Waals surface area contributed by atoms with Crippen molar-refractivity contribution in [2.24, 2.45) is 0 Å². The minimum absolute atomic E-state index is 0.846. The molecular weight excluding hydrogens is 393 g/mol. The van der Waals surface area contributed by atoms with Crippen LogP contribution < -0.4 is 0 Å². The van der Waals surface area contributed by atoms with Gasteiger partial charge in [0.2, 0.25) is 0 Å². The van der Waals surface area contributed by atoms with Gasteiger partial charge in [0.05, 0.1) is 0 Å². The molecule has 4 rings (SSSR count). The molecule has 2 aliphatic rings. The SMILES string of the molecule is [O-][S+](c1ccc(SCC2CS2)cc1)c1ccc(SCC2CS2)cc1. The van der Waals surface area contributed by atoms with E-state index in [2.05, 4.69) is 24.3 Å². The summed E-state index contributed by atoms with van der Waals surface area (Å²) in [6.07, 6.45) is 0. The van der Waals surface area contributed by atoms with Gasteiger partial charge in [0.25, 0.3) is 0 Å². The predicted molar refractivity (Wildman–Crippen MR) is 111 cm³/mol. The van der Waals surface area contributed by atoms with Crippen LogP contribution in [0.2, 0.25) is 0 Å². The molecular formula is C18H18OS5. The molecule has 0 saturated carbocycles. The maximum absolute atomic E-state index is 12.7. The molecule has 0 spiro atoms. The summed E-state index contributed by atoms with van der Waals surface area (Å²) >= 11 is 6.76. The number of thioether (sulfide) groups is 4. The third-order valence-corrected chi connectivity index (χ3v) is 9.87. The van der Waals surface area contributed by atoms with Crippen molar-refractivity contribution in [3.63, 3.8) is 0 Å². The van der Waals surface area contributed by atoms with E-state index in [1.807, 2.05) is 71.3 Å². The first-order valence-corrected chi connectivity index (χ1v) is 13.1. The molecule has 1 nitrogen and oxygen atoms in total. The molecule has 2 aromatic carbocycles. The van der Waals surface area contributed by atoms with E-state index < -0.39 is 11.2 Å². The quantitative estimate of drug-likeness (QED) is 0.335. The molecule has 0 aromatic heterocycles. The summed E-state index contributed by atoms with van der Waals surface area (Å²) < 4.78 is 12.7. The Morgan fingerprint density at radius 3 is 1.50 bits per heavy atom. The fourth-order valence-corrected chi connectivity index (χ4v) is 6.83. The van der Waals surface area contributed by atoms with Crippen LogP contribution in [0.15, 0.2) is 68.1 Å². The molecule has 0 bridgehead atoms. The summed E-state index contributed by atoms with van der Waals surface area (Å²) in [5.74, 6) is 4.99. The molecule has 2 fully saturated rings. The average molecular weight is 411 g/mol. The standard InChI is InChI=1S/C18H18OS5/c19-24(17-5-1-13(2-6-17)20-9-15-11-22-15)18-7-3-14(4-8-18)21-10-16-12-23-16/h1-8,15-16H,9-12H2. The van der Waals surface area contributed by atoms with Crippen molar-refractivity contribution in [3.05, 3.63) is 48.5 Å². The van der Waals surface area contributed by atoms with E-state index in [0.29, 0.717) is 0 Å². The Balaban J connectivity index is 1.35. The molecule has 2 aromatic rings. The Morgan fingerprint density at radius 1 is 0.792 bits per heavy atom. The maximum Gasteiger partial charge on any atom is 0.158 e. The molecule has 0 radical (unpaired) electrons. The van der Waals surface area contributed by atoms with Gasteiger partial charge in [-0.1, -0.05) is 0 Å². The molecule has 2 aliphatic heterocycles. The van der Waals surface area contributed by atoms with Gasteiger partial charge in [-0.2, -0.15) is 23.5 Å². The zero-order chi connectivity index (χ0) is 16.4. The lowest BCUT2D eigenvalue weighted by Gasteiger charge is -2.11. The molecule has 2 saturated heterocycles. The zero-order valence-corrected chi connectivity index (χ0v) is 17.1.